The van der Waals surface area contributed by atoms with Crippen molar-refractivity contribution in [1.29, 1.82) is 0 Å². The van der Waals surface area contributed by atoms with Crippen molar-refractivity contribution in [2.75, 3.05) is 11.9 Å². The van der Waals surface area contributed by atoms with Crippen molar-refractivity contribution in [1.82, 2.24) is 14.6 Å². The van der Waals surface area contributed by atoms with Crippen molar-refractivity contribution >= 4 is 23.2 Å². The predicted octanol–water partition coefficient (Wildman–Crippen LogP) is 5.15. The number of carbonyl (C=O) groups is 2. The van der Waals surface area contributed by atoms with Gasteiger partial charge in [-0.2, -0.15) is 18.3 Å². The normalized spacial score (nSPS) is 11.4. The largest absolute Gasteiger partial charge is 0.462 e. The van der Waals surface area contributed by atoms with Crippen LogP contribution in [0, 0.1) is 6.92 Å². The Morgan fingerprint density at radius 3 is 2.59 bits per heavy atom. The number of amides is 1. The third-order valence-electron chi connectivity index (χ3n) is 5.05. The van der Waals surface area contributed by atoms with Gasteiger partial charge in [0.2, 0.25) is 0 Å². The van der Waals surface area contributed by atoms with Crippen LogP contribution in [0.15, 0.2) is 60.9 Å². The number of anilines is 1. The molecule has 0 aliphatic heterocycles. The topological polar surface area (TPSA) is 85.6 Å². The van der Waals surface area contributed by atoms with Crippen molar-refractivity contribution < 1.29 is 27.5 Å². The van der Waals surface area contributed by atoms with E-state index >= 15 is 0 Å². The lowest BCUT2D eigenvalue weighted by Crippen LogP contribution is -2.14. The van der Waals surface area contributed by atoms with Gasteiger partial charge in [-0.15, -0.1) is 0 Å². The number of hydrogen-bond donors (Lipinski definition) is 1. The van der Waals surface area contributed by atoms with Gasteiger partial charge in [-0.25, -0.2) is 14.3 Å². The maximum atomic E-state index is 13.0. The number of benzene rings is 2. The van der Waals surface area contributed by atoms with Crippen LogP contribution >= 0.6 is 0 Å². The molecule has 1 amide bonds. The van der Waals surface area contributed by atoms with Crippen molar-refractivity contribution in [2.45, 2.75) is 20.0 Å². The molecular weight excluding hydrogens is 449 g/mol. The van der Waals surface area contributed by atoms with Gasteiger partial charge >= 0.3 is 12.1 Å². The van der Waals surface area contributed by atoms with E-state index in [0.717, 1.165) is 17.7 Å². The highest BCUT2D eigenvalue weighted by Crippen LogP contribution is 2.30. The standard InChI is InChI=1S/C24H19F3N4O3/c1-3-34-23(33)19-13-29-31-20(14(2)12-28-21(19)31)15-6-5-9-18(11-15)30-22(32)16-7-4-8-17(10-16)24(25,26)27/h4-13H,3H2,1-2H3,(H,30,32). The maximum absolute atomic E-state index is 13.0. The Bertz CT molecular complexity index is 1400. The molecule has 0 aliphatic carbocycles. The van der Waals surface area contributed by atoms with Gasteiger partial charge in [-0.3, -0.25) is 4.79 Å². The quantitative estimate of drug-likeness (QED) is 0.410. The maximum Gasteiger partial charge on any atom is 0.416 e. The molecule has 2 aromatic heterocycles. The summed E-state index contributed by atoms with van der Waals surface area (Å²) in [6, 6.07) is 11.0. The van der Waals surface area contributed by atoms with E-state index < -0.39 is 23.6 Å². The first kappa shape index (κ1) is 23.0. The van der Waals surface area contributed by atoms with Crippen LogP contribution in [0.2, 0.25) is 0 Å². The number of halogens is 3. The summed E-state index contributed by atoms with van der Waals surface area (Å²) in [5.41, 5.74) is 1.94. The SMILES string of the molecule is CCOC(=O)c1cnn2c(-c3cccc(NC(=O)c4cccc(C(F)(F)F)c4)c3)c(C)cnc12. The molecule has 10 heteroatoms. The first-order valence-electron chi connectivity index (χ1n) is 10.3. The van der Waals surface area contributed by atoms with Gasteiger partial charge in [0.05, 0.1) is 24.1 Å². The van der Waals surface area contributed by atoms with Crippen molar-refractivity contribution in [3.8, 4) is 11.3 Å². The van der Waals surface area contributed by atoms with E-state index in [2.05, 4.69) is 15.4 Å². The first-order valence-corrected chi connectivity index (χ1v) is 10.3. The molecule has 34 heavy (non-hydrogen) atoms. The molecule has 0 radical (unpaired) electrons. The van der Waals surface area contributed by atoms with Crippen LogP contribution in [0.4, 0.5) is 18.9 Å². The fraction of sp³-hybridized carbons (Fsp3) is 0.167. The fourth-order valence-electron chi connectivity index (χ4n) is 3.50. The summed E-state index contributed by atoms with van der Waals surface area (Å²) >= 11 is 0. The van der Waals surface area contributed by atoms with Crippen LogP contribution in [0.5, 0.6) is 0 Å². The highest BCUT2D eigenvalue weighted by molar-refractivity contribution is 6.04. The molecule has 0 saturated heterocycles. The number of esters is 1. The average Bonchev–Trinajstić information content (AvgIpc) is 3.23. The number of hydrogen-bond acceptors (Lipinski definition) is 5. The molecule has 0 bridgehead atoms. The lowest BCUT2D eigenvalue weighted by atomic mass is 10.1. The van der Waals surface area contributed by atoms with Crippen LogP contribution in [0.3, 0.4) is 0 Å². The molecule has 0 atom stereocenters. The summed E-state index contributed by atoms with van der Waals surface area (Å²) in [7, 11) is 0. The second-order valence-electron chi connectivity index (χ2n) is 7.42. The van der Waals surface area contributed by atoms with Gasteiger partial charge in [0.1, 0.15) is 5.56 Å². The number of aryl methyl sites for hydroxylation is 1. The number of aromatic nitrogens is 3. The van der Waals surface area contributed by atoms with E-state index in [-0.39, 0.29) is 17.7 Å². The molecule has 2 heterocycles. The van der Waals surface area contributed by atoms with E-state index in [4.69, 9.17) is 4.74 Å². The van der Waals surface area contributed by atoms with Crippen LogP contribution in [0.1, 0.15) is 38.8 Å². The molecule has 0 saturated carbocycles. The highest BCUT2D eigenvalue weighted by atomic mass is 19.4. The minimum Gasteiger partial charge on any atom is -0.462 e. The number of fused-ring (bicyclic) bond motifs is 1. The van der Waals surface area contributed by atoms with Crippen molar-refractivity contribution in [2.24, 2.45) is 0 Å². The number of ether oxygens (including phenoxy) is 1. The third kappa shape index (κ3) is 4.47. The minimum atomic E-state index is -4.55. The van der Waals surface area contributed by atoms with Crippen molar-refractivity contribution in [3.63, 3.8) is 0 Å². The Kier molecular flexibility index (Phi) is 6.06. The molecule has 7 nitrogen and oxygen atoms in total. The smallest absolute Gasteiger partial charge is 0.416 e. The predicted molar refractivity (Wildman–Crippen MR) is 119 cm³/mol. The molecule has 4 aromatic rings. The Labute approximate surface area is 192 Å². The molecule has 0 aliphatic rings. The second kappa shape index (κ2) is 8.97. The molecular formula is C24H19F3N4O3. The van der Waals surface area contributed by atoms with Crippen molar-refractivity contribution in [3.05, 3.63) is 83.2 Å². The van der Waals surface area contributed by atoms with Gasteiger partial charge in [0.25, 0.3) is 5.91 Å². The zero-order valence-corrected chi connectivity index (χ0v) is 18.2. The van der Waals surface area contributed by atoms with E-state index in [1.807, 2.05) is 6.92 Å². The fourth-order valence-corrected chi connectivity index (χ4v) is 3.50. The van der Waals surface area contributed by atoms with Gasteiger partial charge in [0, 0.05) is 23.0 Å². The first-order chi connectivity index (χ1) is 16.2. The summed E-state index contributed by atoms with van der Waals surface area (Å²) in [4.78, 5) is 29.1. The number of nitrogens with one attached hydrogen (secondary N) is 1. The van der Waals surface area contributed by atoms with Crippen LogP contribution < -0.4 is 5.32 Å². The Hall–Kier alpha value is -4.21. The minimum absolute atomic E-state index is 0.117. The zero-order chi connectivity index (χ0) is 24.5. The lowest BCUT2D eigenvalue weighted by Gasteiger charge is -2.12. The van der Waals surface area contributed by atoms with E-state index in [1.54, 1.807) is 37.4 Å². The van der Waals surface area contributed by atoms with Gasteiger partial charge < -0.3 is 10.1 Å². The number of carbonyl (C=O) groups excluding carboxylic acids is 2. The Balaban J connectivity index is 1.68. The monoisotopic (exact) mass is 468 g/mol. The van der Waals surface area contributed by atoms with E-state index in [1.165, 1.54) is 22.8 Å². The summed E-state index contributed by atoms with van der Waals surface area (Å²) in [5, 5.41) is 6.92. The van der Waals surface area contributed by atoms with Crippen LogP contribution in [-0.2, 0) is 10.9 Å². The van der Waals surface area contributed by atoms with Gasteiger partial charge in [-0.1, -0.05) is 18.2 Å². The zero-order valence-electron chi connectivity index (χ0n) is 18.2. The number of nitrogens with zero attached hydrogens (tertiary/aromatic N) is 3. The van der Waals surface area contributed by atoms with Gasteiger partial charge in [-0.05, 0) is 49.7 Å². The summed E-state index contributed by atoms with van der Waals surface area (Å²) < 4.78 is 45.5. The molecule has 4 rings (SSSR count). The third-order valence-corrected chi connectivity index (χ3v) is 5.05. The summed E-state index contributed by atoms with van der Waals surface area (Å²) in [5.74, 6) is -1.22. The molecule has 0 spiro atoms. The van der Waals surface area contributed by atoms with E-state index in [9.17, 15) is 22.8 Å². The lowest BCUT2D eigenvalue weighted by molar-refractivity contribution is -0.137. The molecule has 0 unspecified atom stereocenters. The molecule has 1 N–H and O–H groups in total. The summed E-state index contributed by atoms with van der Waals surface area (Å²) in [6.07, 6.45) is -1.57. The molecule has 0 fully saturated rings. The second-order valence-corrected chi connectivity index (χ2v) is 7.42. The molecule has 2 aromatic carbocycles. The Morgan fingerprint density at radius 1 is 1.09 bits per heavy atom. The number of rotatable bonds is 5. The van der Waals surface area contributed by atoms with Crippen LogP contribution in [-0.4, -0.2) is 33.1 Å². The molecule has 174 valence electrons. The average molecular weight is 468 g/mol. The van der Waals surface area contributed by atoms with Gasteiger partial charge in [0.15, 0.2) is 5.65 Å². The summed E-state index contributed by atoms with van der Waals surface area (Å²) in [6.45, 7) is 3.73. The highest BCUT2D eigenvalue weighted by Gasteiger charge is 2.31. The van der Waals surface area contributed by atoms with Crippen LogP contribution in [0.25, 0.3) is 16.9 Å². The number of alkyl halides is 3. The van der Waals surface area contributed by atoms with E-state index in [0.29, 0.717) is 22.6 Å². The Morgan fingerprint density at radius 2 is 1.85 bits per heavy atom.